The lowest BCUT2D eigenvalue weighted by Gasteiger charge is -2.08. The Balaban J connectivity index is 1.58. The van der Waals surface area contributed by atoms with Gasteiger partial charge in [0.05, 0.1) is 33.8 Å². The number of carbonyl (C=O) groups is 1. The molecule has 0 atom stereocenters. The lowest BCUT2D eigenvalue weighted by atomic mass is 10.3. The molecule has 0 unspecified atom stereocenters. The number of para-hydroxylation sites is 1. The van der Waals surface area contributed by atoms with Crippen molar-refractivity contribution in [1.82, 2.24) is 19.6 Å². The zero-order valence-electron chi connectivity index (χ0n) is 15.4. The normalized spacial score (nSPS) is 10.7. The first-order chi connectivity index (χ1) is 14.0. The van der Waals surface area contributed by atoms with Gasteiger partial charge in [-0.2, -0.15) is 10.2 Å². The fourth-order valence-electron chi connectivity index (χ4n) is 2.85. The second kappa shape index (κ2) is 7.39. The number of aromatic nitrogens is 4. The minimum absolute atomic E-state index is 0.0171. The van der Waals surface area contributed by atoms with E-state index in [1.807, 2.05) is 30.3 Å². The van der Waals surface area contributed by atoms with E-state index in [4.69, 9.17) is 0 Å². The zero-order valence-corrected chi connectivity index (χ0v) is 15.4. The maximum atomic E-state index is 12.7. The summed E-state index contributed by atoms with van der Waals surface area (Å²) in [5, 5.41) is 22.3. The van der Waals surface area contributed by atoms with E-state index in [1.165, 1.54) is 23.0 Å². The molecule has 0 aliphatic rings. The number of anilines is 1. The fourth-order valence-corrected chi connectivity index (χ4v) is 2.85. The van der Waals surface area contributed by atoms with E-state index >= 15 is 0 Å². The maximum Gasteiger partial charge on any atom is 0.269 e. The van der Waals surface area contributed by atoms with Crippen molar-refractivity contribution in [1.29, 1.82) is 0 Å². The van der Waals surface area contributed by atoms with Crippen molar-refractivity contribution in [3.63, 3.8) is 0 Å². The molecule has 2 aromatic carbocycles. The molecule has 0 saturated carbocycles. The van der Waals surface area contributed by atoms with Gasteiger partial charge in [0.15, 0.2) is 0 Å². The van der Waals surface area contributed by atoms with Crippen LogP contribution in [0.4, 0.5) is 11.5 Å². The van der Waals surface area contributed by atoms with Crippen LogP contribution in [0.5, 0.6) is 0 Å². The van der Waals surface area contributed by atoms with Gasteiger partial charge in [0.2, 0.25) is 0 Å². The molecular formula is C20H16N6O3. The SMILES string of the molecule is Cc1cc(NC(=O)c2cnn(-c3ccccc3)c2)n(-c2ccc([N+](=O)[O-])cc2)n1. The van der Waals surface area contributed by atoms with Gasteiger partial charge in [-0.1, -0.05) is 18.2 Å². The van der Waals surface area contributed by atoms with Crippen LogP contribution in [-0.4, -0.2) is 30.4 Å². The molecule has 1 N–H and O–H groups in total. The smallest absolute Gasteiger partial charge is 0.269 e. The molecule has 9 heteroatoms. The van der Waals surface area contributed by atoms with Gasteiger partial charge in [0.1, 0.15) is 5.82 Å². The maximum absolute atomic E-state index is 12.7. The summed E-state index contributed by atoms with van der Waals surface area (Å²) in [6.07, 6.45) is 3.13. The van der Waals surface area contributed by atoms with Crippen LogP contribution in [0.15, 0.2) is 73.1 Å². The van der Waals surface area contributed by atoms with Crippen LogP contribution in [0, 0.1) is 17.0 Å². The number of hydrogen-bond acceptors (Lipinski definition) is 5. The highest BCUT2D eigenvalue weighted by molar-refractivity contribution is 6.03. The highest BCUT2D eigenvalue weighted by atomic mass is 16.6. The highest BCUT2D eigenvalue weighted by Gasteiger charge is 2.15. The first-order valence-electron chi connectivity index (χ1n) is 8.74. The van der Waals surface area contributed by atoms with E-state index in [9.17, 15) is 14.9 Å². The molecule has 144 valence electrons. The molecular weight excluding hydrogens is 372 g/mol. The number of nitro benzene ring substituents is 1. The van der Waals surface area contributed by atoms with Crippen LogP contribution in [0.3, 0.4) is 0 Å². The van der Waals surface area contributed by atoms with Crippen LogP contribution in [0.1, 0.15) is 16.1 Å². The van der Waals surface area contributed by atoms with E-state index in [-0.39, 0.29) is 11.6 Å². The van der Waals surface area contributed by atoms with Crippen LogP contribution in [0.2, 0.25) is 0 Å². The van der Waals surface area contributed by atoms with Crippen LogP contribution in [0.25, 0.3) is 11.4 Å². The molecule has 29 heavy (non-hydrogen) atoms. The lowest BCUT2D eigenvalue weighted by molar-refractivity contribution is -0.384. The number of nitrogens with one attached hydrogen (secondary N) is 1. The van der Waals surface area contributed by atoms with Gasteiger partial charge in [-0.25, -0.2) is 9.36 Å². The van der Waals surface area contributed by atoms with E-state index < -0.39 is 4.92 Å². The zero-order chi connectivity index (χ0) is 20.4. The van der Waals surface area contributed by atoms with E-state index in [0.29, 0.717) is 22.8 Å². The number of hydrogen-bond donors (Lipinski definition) is 1. The van der Waals surface area contributed by atoms with E-state index in [0.717, 1.165) is 5.69 Å². The molecule has 0 saturated heterocycles. The first kappa shape index (κ1) is 18.1. The molecule has 2 heterocycles. The Kier molecular flexibility index (Phi) is 4.62. The molecule has 0 radical (unpaired) electrons. The monoisotopic (exact) mass is 388 g/mol. The first-order valence-corrected chi connectivity index (χ1v) is 8.74. The minimum atomic E-state index is -0.467. The molecule has 0 bridgehead atoms. The minimum Gasteiger partial charge on any atom is -0.306 e. The Bertz CT molecular complexity index is 1180. The van der Waals surface area contributed by atoms with Gasteiger partial charge >= 0.3 is 0 Å². The standard InChI is InChI=1S/C20H16N6O3/c1-14-11-19(25(23-14)17-7-9-18(10-8-17)26(28)29)22-20(27)15-12-21-24(13-15)16-5-3-2-4-6-16/h2-13H,1H3,(H,22,27). The predicted molar refractivity (Wildman–Crippen MR) is 106 cm³/mol. The number of amides is 1. The van der Waals surface area contributed by atoms with Gasteiger partial charge in [-0.3, -0.25) is 14.9 Å². The number of non-ortho nitro benzene ring substituents is 1. The van der Waals surface area contributed by atoms with Crippen molar-refractivity contribution in [2.24, 2.45) is 0 Å². The van der Waals surface area contributed by atoms with Crippen molar-refractivity contribution in [3.8, 4) is 11.4 Å². The Hall–Kier alpha value is -4.27. The van der Waals surface area contributed by atoms with Crippen molar-refractivity contribution >= 4 is 17.4 Å². The van der Waals surface area contributed by atoms with Gasteiger partial charge in [-0.05, 0) is 31.2 Å². The summed E-state index contributed by atoms with van der Waals surface area (Å²) in [5.74, 6) is 0.115. The Morgan fingerprint density at radius 1 is 1.07 bits per heavy atom. The molecule has 0 aliphatic heterocycles. The van der Waals surface area contributed by atoms with Gasteiger partial charge in [0, 0.05) is 24.4 Å². The third-order valence-corrected chi connectivity index (χ3v) is 4.24. The third-order valence-electron chi connectivity index (χ3n) is 4.24. The van der Waals surface area contributed by atoms with Gasteiger partial charge in [-0.15, -0.1) is 0 Å². The van der Waals surface area contributed by atoms with Crippen LogP contribution >= 0.6 is 0 Å². The molecule has 4 rings (SSSR count). The Labute approximate surface area is 165 Å². The summed E-state index contributed by atoms with van der Waals surface area (Å²) in [4.78, 5) is 23.1. The number of nitro groups is 1. The summed E-state index contributed by atoms with van der Waals surface area (Å²) in [5.41, 5.74) is 2.51. The summed E-state index contributed by atoms with van der Waals surface area (Å²) in [7, 11) is 0. The average Bonchev–Trinajstić information content (AvgIpc) is 3.36. The van der Waals surface area contributed by atoms with Crippen molar-refractivity contribution in [2.75, 3.05) is 5.32 Å². The number of benzene rings is 2. The molecule has 0 aliphatic carbocycles. The number of rotatable bonds is 5. The van der Waals surface area contributed by atoms with Gasteiger partial charge < -0.3 is 5.32 Å². The summed E-state index contributed by atoms with van der Waals surface area (Å²) in [6.45, 7) is 1.80. The summed E-state index contributed by atoms with van der Waals surface area (Å²) in [6, 6.07) is 17.1. The Morgan fingerprint density at radius 3 is 2.48 bits per heavy atom. The second-order valence-electron chi connectivity index (χ2n) is 6.32. The largest absolute Gasteiger partial charge is 0.306 e. The second-order valence-corrected chi connectivity index (χ2v) is 6.32. The number of nitrogens with zero attached hydrogens (tertiary/aromatic N) is 5. The molecule has 0 fully saturated rings. The van der Waals surface area contributed by atoms with Crippen molar-refractivity contribution in [3.05, 3.63) is 94.4 Å². The van der Waals surface area contributed by atoms with E-state index in [1.54, 1.807) is 36.0 Å². The molecule has 4 aromatic rings. The van der Waals surface area contributed by atoms with Crippen LogP contribution < -0.4 is 5.32 Å². The topological polar surface area (TPSA) is 108 Å². The fraction of sp³-hybridized carbons (Fsp3) is 0.0500. The molecule has 2 aromatic heterocycles. The molecule has 0 spiro atoms. The molecule has 9 nitrogen and oxygen atoms in total. The van der Waals surface area contributed by atoms with Crippen molar-refractivity contribution < 1.29 is 9.72 Å². The highest BCUT2D eigenvalue weighted by Crippen LogP contribution is 2.21. The number of carbonyl (C=O) groups excluding carboxylic acids is 1. The molecule has 1 amide bonds. The van der Waals surface area contributed by atoms with Crippen molar-refractivity contribution in [2.45, 2.75) is 6.92 Å². The quantitative estimate of drug-likeness (QED) is 0.416. The number of aryl methyl sites for hydroxylation is 1. The summed E-state index contributed by atoms with van der Waals surface area (Å²) >= 11 is 0. The third kappa shape index (κ3) is 3.74. The average molecular weight is 388 g/mol. The summed E-state index contributed by atoms with van der Waals surface area (Å²) < 4.78 is 3.15. The van der Waals surface area contributed by atoms with Gasteiger partial charge in [0.25, 0.3) is 11.6 Å². The Morgan fingerprint density at radius 2 is 1.79 bits per heavy atom. The van der Waals surface area contributed by atoms with Crippen LogP contribution in [-0.2, 0) is 0 Å². The van der Waals surface area contributed by atoms with E-state index in [2.05, 4.69) is 15.5 Å². The lowest BCUT2D eigenvalue weighted by Crippen LogP contribution is -2.14. The predicted octanol–water partition coefficient (Wildman–Crippen LogP) is 3.53.